The predicted octanol–water partition coefficient (Wildman–Crippen LogP) is 6.92. The summed E-state index contributed by atoms with van der Waals surface area (Å²) >= 11 is 6.29. The third-order valence-corrected chi connectivity index (χ3v) is 7.18. The number of rotatable bonds is 9. The number of carbonyl (C=O) groups excluding carboxylic acids is 2. The second-order valence-corrected chi connectivity index (χ2v) is 11.7. The van der Waals surface area contributed by atoms with E-state index in [4.69, 9.17) is 25.8 Å². The SMILES string of the molecule is CC(C)(C)OC(=O)C(Cc1cc(Cl)ccc1OCC1CC1)NC(=O)OCC1c2ccccc2-c2ccccc21. The van der Waals surface area contributed by atoms with E-state index in [1.54, 1.807) is 39.0 Å². The van der Waals surface area contributed by atoms with Gasteiger partial charge in [0.25, 0.3) is 0 Å². The largest absolute Gasteiger partial charge is 0.493 e. The van der Waals surface area contributed by atoms with E-state index < -0.39 is 23.7 Å². The molecule has 7 heteroatoms. The summed E-state index contributed by atoms with van der Waals surface area (Å²) < 4.78 is 17.4. The van der Waals surface area contributed by atoms with E-state index in [2.05, 4.69) is 29.6 Å². The van der Waals surface area contributed by atoms with E-state index in [-0.39, 0.29) is 18.9 Å². The predicted molar refractivity (Wildman–Crippen MR) is 151 cm³/mol. The molecule has 1 amide bonds. The maximum Gasteiger partial charge on any atom is 0.407 e. The van der Waals surface area contributed by atoms with Crippen molar-refractivity contribution in [3.63, 3.8) is 0 Å². The lowest BCUT2D eigenvalue weighted by Gasteiger charge is -2.25. The van der Waals surface area contributed by atoms with Gasteiger partial charge in [0.2, 0.25) is 0 Å². The van der Waals surface area contributed by atoms with Gasteiger partial charge in [0.1, 0.15) is 24.0 Å². The summed E-state index contributed by atoms with van der Waals surface area (Å²) in [4.78, 5) is 26.3. The van der Waals surface area contributed by atoms with E-state index in [1.807, 2.05) is 24.3 Å². The first kappa shape index (κ1) is 27.1. The van der Waals surface area contributed by atoms with Crippen LogP contribution in [0.15, 0.2) is 66.7 Å². The van der Waals surface area contributed by atoms with Crippen LogP contribution < -0.4 is 10.1 Å². The normalized spacial score (nSPS) is 15.2. The molecule has 1 N–H and O–H groups in total. The number of fused-ring (bicyclic) bond motifs is 3. The smallest absolute Gasteiger partial charge is 0.407 e. The number of amides is 1. The number of ether oxygens (including phenoxy) is 3. The Bertz CT molecular complexity index is 1320. The maximum absolute atomic E-state index is 13.2. The van der Waals surface area contributed by atoms with Gasteiger partial charge in [0.05, 0.1) is 6.61 Å². The molecule has 39 heavy (non-hydrogen) atoms. The van der Waals surface area contributed by atoms with E-state index in [9.17, 15) is 9.59 Å². The molecule has 0 radical (unpaired) electrons. The quantitative estimate of drug-likeness (QED) is 0.294. The fraction of sp³-hybridized carbons (Fsp3) is 0.375. The average Bonchev–Trinajstić information content (AvgIpc) is 3.67. The minimum atomic E-state index is -0.985. The van der Waals surface area contributed by atoms with Gasteiger partial charge in [-0.3, -0.25) is 0 Å². The molecule has 2 aliphatic rings. The van der Waals surface area contributed by atoms with Crippen molar-refractivity contribution >= 4 is 23.7 Å². The van der Waals surface area contributed by atoms with Crippen LogP contribution in [0.25, 0.3) is 11.1 Å². The van der Waals surface area contributed by atoms with Crippen molar-refractivity contribution in [1.82, 2.24) is 5.32 Å². The Kier molecular flexibility index (Phi) is 7.85. The number of alkyl carbamates (subject to hydrolysis) is 1. The van der Waals surface area contributed by atoms with Crippen LogP contribution in [-0.4, -0.2) is 36.9 Å². The molecule has 1 fully saturated rings. The van der Waals surface area contributed by atoms with Crippen molar-refractivity contribution in [1.29, 1.82) is 0 Å². The standard InChI is InChI=1S/C32H34ClNO5/c1-32(2,3)39-30(35)28(17-21-16-22(33)14-15-29(21)37-18-20-12-13-20)34-31(36)38-19-27-25-10-6-4-8-23(25)24-9-5-7-11-26(24)27/h4-11,14-16,20,27-28H,12-13,17-19H2,1-3H3,(H,34,36). The van der Waals surface area contributed by atoms with Gasteiger partial charge in [-0.1, -0.05) is 60.1 Å². The minimum Gasteiger partial charge on any atom is -0.493 e. The Morgan fingerprint density at radius 1 is 0.949 bits per heavy atom. The summed E-state index contributed by atoms with van der Waals surface area (Å²) in [6.45, 7) is 6.13. The van der Waals surface area contributed by atoms with Crippen molar-refractivity contribution in [2.75, 3.05) is 13.2 Å². The van der Waals surface area contributed by atoms with Gasteiger partial charge < -0.3 is 19.5 Å². The Morgan fingerprint density at radius 3 is 2.21 bits per heavy atom. The molecule has 3 aromatic rings. The molecule has 3 aromatic carbocycles. The van der Waals surface area contributed by atoms with Gasteiger partial charge in [-0.15, -0.1) is 0 Å². The van der Waals surface area contributed by atoms with Gasteiger partial charge in [-0.2, -0.15) is 0 Å². The number of halogens is 1. The number of carbonyl (C=O) groups is 2. The second-order valence-electron chi connectivity index (χ2n) is 11.3. The molecule has 2 aliphatic carbocycles. The van der Waals surface area contributed by atoms with Crippen LogP contribution in [0, 0.1) is 5.92 Å². The van der Waals surface area contributed by atoms with E-state index >= 15 is 0 Å². The minimum absolute atomic E-state index is 0.0847. The fourth-order valence-corrected chi connectivity index (χ4v) is 5.10. The summed E-state index contributed by atoms with van der Waals surface area (Å²) in [5, 5.41) is 3.27. The second kappa shape index (κ2) is 11.3. The molecule has 0 saturated heterocycles. The molecule has 1 saturated carbocycles. The summed E-state index contributed by atoms with van der Waals surface area (Å²) in [5.74, 6) is 0.575. The molecule has 204 valence electrons. The van der Waals surface area contributed by atoms with E-state index in [1.165, 1.54) is 0 Å². The number of nitrogens with one attached hydrogen (secondary N) is 1. The van der Waals surface area contributed by atoms with Crippen LogP contribution in [0.4, 0.5) is 4.79 Å². The van der Waals surface area contributed by atoms with Gasteiger partial charge in [-0.25, -0.2) is 9.59 Å². The summed E-state index contributed by atoms with van der Waals surface area (Å²) in [5.41, 5.74) is 4.52. The van der Waals surface area contributed by atoms with Gasteiger partial charge in [-0.05, 0) is 85.5 Å². The van der Waals surface area contributed by atoms with Gasteiger partial charge >= 0.3 is 12.1 Å². The van der Waals surface area contributed by atoms with Crippen LogP contribution in [0.1, 0.15) is 56.2 Å². The van der Waals surface area contributed by atoms with Crippen LogP contribution in [0.5, 0.6) is 5.75 Å². The summed E-state index contributed by atoms with van der Waals surface area (Å²) in [6, 6.07) is 20.6. The zero-order valence-corrected chi connectivity index (χ0v) is 23.3. The lowest BCUT2D eigenvalue weighted by molar-refractivity contribution is -0.157. The van der Waals surface area contributed by atoms with Crippen molar-refractivity contribution in [3.05, 3.63) is 88.4 Å². The van der Waals surface area contributed by atoms with Crippen molar-refractivity contribution < 1.29 is 23.8 Å². The highest BCUT2D eigenvalue weighted by molar-refractivity contribution is 6.30. The third kappa shape index (κ3) is 6.74. The molecule has 0 bridgehead atoms. The first-order chi connectivity index (χ1) is 18.7. The van der Waals surface area contributed by atoms with E-state index in [0.717, 1.165) is 40.7 Å². The monoisotopic (exact) mass is 547 g/mol. The summed E-state index contributed by atoms with van der Waals surface area (Å²) in [7, 11) is 0. The van der Waals surface area contributed by atoms with Crippen molar-refractivity contribution in [3.8, 4) is 16.9 Å². The molecular formula is C32H34ClNO5. The topological polar surface area (TPSA) is 73.9 Å². The number of hydrogen-bond acceptors (Lipinski definition) is 5. The van der Waals surface area contributed by atoms with Crippen LogP contribution in [0.2, 0.25) is 5.02 Å². The molecule has 5 rings (SSSR count). The number of esters is 1. The molecule has 1 atom stereocenters. The molecule has 0 heterocycles. The first-order valence-corrected chi connectivity index (χ1v) is 13.8. The van der Waals surface area contributed by atoms with Crippen molar-refractivity contribution in [2.45, 2.75) is 57.6 Å². The molecule has 0 aromatic heterocycles. The zero-order chi connectivity index (χ0) is 27.6. The molecule has 6 nitrogen and oxygen atoms in total. The average molecular weight is 548 g/mol. The summed E-state index contributed by atoms with van der Waals surface area (Å²) in [6.07, 6.45) is 1.79. The fourth-order valence-electron chi connectivity index (χ4n) is 4.91. The van der Waals surface area contributed by atoms with Crippen LogP contribution >= 0.6 is 11.6 Å². The Labute approximate surface area is 234 Å². The van der Waals surface area contributed by atoms with Crippen molar-refractivity contribution in [2.24, 2.45) is 5.92 Å². The Hall–Kier alpha value is -3.51. The Balaban J connectivity index is 1.31. The third-order valence-electron chi connectivity index (χ3n) is 6.95. The van der Waals surface area contributed by atoms with Gasteiger partial charge in [0.15, 0.2) is 0 Å². The molecule has 0 spiro atoms. The highest BCUT2D eigenvalue weighted by atomic mass is 35.5. The molecule has 0 aliphatic heterocycles. The number of hydrogen-bond donors (Lipinski definition) is 1. The Morgan fingerprint density at radius 2 is 1.59 bits per heavy atom. The lowest BCUT2D eigenvalue weighted by Crippen LogP contribution is -2.46. The molecule has 1 unspecified atom stereocenters. The lowest BCUT2D eigenvalue weighted by atomic mass is 9.98. The number of benzene rings is 3. The highest BCUT2D eigenvalue weighted by Gasteiger charge is 2.32. The van der Waals surface area contributed by atoms with Crippen LogP contribution in [-0.2, 0) is 20.7 Å². The zero-order valence-electron chi connectivity index (χ0n) is 22.5. The van der Waals surface area contributed by atoms with E-state index in [0.29, 0.717) is 23.3 Å². The highest BCUT2D eigenvalue weighted by Crippen LogP contribution is 2.44. The molecular weight excluding hydrogens is 514 g/mol. The first-order valence-electron chi connectivity index (χ1n) is 13.4. The van der Waals surface area contributed by atoms with Crippen LogP contribution in [0.3, 0.4) is 0 Å². The maximum atomic E-state index is 13.2. The van der Waals surface area contributed by atoms with Gasteiger partial charge in [0, 0.05) is 17.4 Å².